The third kappa shape index (κ3) is 1.69. The van der Waals surface area contributed by atoms with Crippen LogP contribution in [0.1, 0.15) is 24.5 Å². The van der Waals surface area contributed by atoms with Crippen molar-refractivity contribution >= 4 is 11.4 Å². The van der Waals surface area contributed by atoms with Crippen LogP contribution in [0.4, 0.5) is 0 Å². The van der Waals surface area contributed by atoms with Crippen LogP contribution in [-0.4, -0.2) is 17.0 Å². The maximum absolute atomic E-state index is 8.89. The fraction of sp³-hybridized carbons (Fsp3) is 0.250. The lowest BCUT2D eigenvalue weighted by Crippen LogP contribution is -2.18. The molecule has 15 heavy (non-hydrogen) atoms. The van der Waals surface area contributed by atoms with Crippen molar-refractivity contribution in [2.75, 3.05) is 6.54 Å². The molecule has 1 aliphatic rings. The maximum Gasteiger partial charge on any atom is 0.303 e. The van der Waals surface area contributed by atoms with Crippen LogP contribution in [0.2, 0.25) is 0 Å². The van der Waals surface area contributed by atoms with Crippen LogP contribution in [0.3, 0.4) is 0 Å². The van der Waals surface area contributed by atoms with Crippen LogP contribution < -0.4 is 5.32 Å². The highest BCUT2D eigenvalue weighted by Crippen LogP contribution is 2.23. The van der Waals surface area contributed by atoms with Gasteiger partial charge in [-0.15, -0.1) is 0 Å². The summed E-state index contributed by atoms with van der Waals surface area (Å²) in [6.45, 7) is 2.96. The molecule has 3 nitrogen and oxygen atoms in total. The predicted molar refractivity (Wildman–Crippen MR) is 60.4 cm³/mol. The van der Waals surface area contributed by atoms with E-state index in [4.69, 9.17) is 5.53 Å². The lowest BCUT2D eigenvalue weighted by Gasteiger charge is -2.15. The van der Waals surface area contributed by atoms with E-state index in [0.717, 1.165) is 29.1 Å². The standard InChI is InChI=1S/C12H13N3/c1-2-14-11-7-8-12(15-13)10-6-4-3-5-9(10)11/h3-7,14H,2,8H2,1H3. The summed E-state index contributed by atoms with van der Waals surface area (Å²) in [7, 11) is 0. The van der Waals surface area contributed by atoms with Crippen LogP contribution in [0.15, 0.2) is 30.3 Å². The number of fused-ring (bicyclic) bond motifs is 1. The quantitative estimate of drug-likeness (QED) is 0.575. The number of hydrogen-bond acceptors (Lipinski definition) is 1. The monoisotopic (exact) mass is 199 g/mol. The number of nitrogens with zero attached hydrogens (tertiary/aromatic N) is 2. The number of hydrogen-bond donors (Lipinski definition) is 1. The van der Waals surface area contributed by atoms with Gasteiger partial charge in [0.2, 0.25) is 0 Å². The van der Waals surface area contributed by atoms with Crippen molar-refractivity contribution in [3.63, 3.8) is 0 Å². The van der Waals surface area contributed by atoms with E-state index in [1.807, 2.05) is 24.3 Å². The second kappa shape index (κ2) is 4.11. The van der Waals surface area contributed by atoms with Crippen LogP contribution in [0, 0.1) is 0 Å². The van der Waals surface area contributed by atoms with Crippen LogP contribution in [-0.2, 0) is 0 Å². The SMILES string of the molecule is CCNC1=CCC(=[N+]=[N-])c2ccccc21. The summed E-state index contributed by atoms with van der Waals surface area (Å²) in [6.07, 6.45) is 2.73. The van der Waals surface area contributed by atoms with Crippen molar-refractivity contribution in [2.45, 2.75) is 13.3 Å². The Morgan fingerprint density at radius 2 is 2.07 bits per heavy atom. The van der Waals surface area contributed by atoms with Gasteiger partial charge >= 0.3 is 5.71 Å². The first-order valence-corrected chi connectivity index (χ1v) is 5.11. The second-order valence-corrected chi connectivity index (χ2v) is 3.44. The van der Waals surface area contributed by atoms with E-state index in [0.29, 0.717) is 6.42 Å². The largest absolute Gasteiger partial charge is 0.385 e. The minimum atomic E-state index is 0.676. The summed E-state index contributed by atoms with van der Waals surface area (Å²) in [6, 6.07) is 7.96. The van der Waals surface area contributed by atoms with Gasteiger partial charge in [-0.2, -0.15) is 4.79 Å². The molecule has 0 bridgehead atoms. The van der Waals surface area contributed by atoms with Gasteiger partial charge in [-0.3, -0.25) is 0 Å². The molecule has 3 heteroatoms. The number of benzene rings is 1. The highest BCUT2D eigenvalue weighted by molar-refractivity contribution is 6.04. The van der Waals surface area contributed by atoms with E-state index < -0.39 is 0 Å². The normalized spacial score (nSPS) is 13.9. The smallest absolute Gasteiger partial charge is 0.303 e. The molecule has 1 aliphatic carbocycles. The van der Waals surface area contributed by atoms with E-state index in [2.05, 4.69) is 23.1 Å². The molecule has 0 saturated heterocycles. The summed E-state index contributed by atoms with van der Waals surface area (Å²) in [5.41, 5.74) is 12.9. The molecule has 0 unspecified atom stereocenters. The zero-order valence-corrected chi connectivity index (χ0v) is 8.70. The minimum Gasteiger partial charge on any atom is -0.385 e. The zero-order valence-electron chi connectivity index (χ0n) is 8.70. The van der Waals surface area contributed by atoms with E-state index >= 15 is 0 Å². The summed E-state index contributed by atoms with van der Waals surface area (Å²) < 4.78 is 0. The van der Waals surface area contributed by atoms with E-state index in [-0.39, 0.29) is 0 Å². The molecule has 0 heterocycles. The molecule has 1 N–H and O–H groups in total. The molecule has 1 aromatic carbocycles. The molecular weight excluding hydrogens is 186 g/mol. The number of rotatable bonds is 2. The number of nitrogens with one attached hydrogen (secondary N) is 1. The number of allylic oxidation sites excluding steroid dienone is 1. The molecule has 0 atom stereocenters. The Hall–Kier alpha value is -1.86. The van der Waals surface area contributed by atoms with Crippen LogP contribution in [0.25, 0.3) is 11.2 Å². The Bertz CT molecular complexity index is 454. The summed E-state index contributed by atoms with van der Waals surface area (Å²) in [4.78, 5) is 3.33. The molecule has 0 saturated carbocycles. The molecule has 1 aromatic rings. The van der Waals surface area contributed by atoms with E-state index in [1.54, 1.807) is 0 Å². The fourth-order valence-corrected chi connectivity index (χ4v) is 1.84. The molecule has 76 valence electrons. The molecule has 2 rings (SSSR count). The first-order chi connectivity index (χ1) is 7.36. The zero-order chi connectivity index (χ0) is 10.7. The first kappa shape index (κ1) is 9.69. The lowest BCUT2D eigenvalue weighted by atomic mass is 9.93. The van der Waals surface area contributed by atoms with Crippen LogP contribution in [0.5, 0.6) is 0 Å². The average Bonchev–Trinajstić information content (AvgIpc) is 2.30. The van der Waals surface area contributed by atoms with Gasteiger partial charge in [0.25, 0.3) is 0 Å². The fourth-order valence-electron chi connectivity index (χ4n) is 1.84. The van der Waals surface area contributed by atoms with Gasteiger partial charge in [-0.1, -0.05) is 18.2 Å². The van der Waals surface area contributed by atoms with E-state index in [9.17, 15) is 0 Å². The molecule has 0 fully saturated rings. The van der Waals surface area contributed by atoms with Crippen LogP contribution >= 0.6 is 0 Å². The highest BCUT2D eigenvalue weighted by atomic mass is 14.9. The van der Waals surface area contributed by atoms with Gasteiger partial charge < -0.3 is 10.8 Å². The Labute approximate surface area is 89.1 Å². The maximum atomic E-state index is 8.89. The summed E-state index contributed by atoms with van der Waals surface area (Å²) in [5, 5.41) is 3.31. The Balaban J connectivity index is 2.52. The van der Waals surface area contributed by atoms with Crippen molar-refractivity contribution in [1.29, 1.82) is 0 Å². The summed E-state index contributed by atoms with van der Waals surface area (Å²) >= 11 is 0. The Kier molecular flexibility index (Phi) is 2.66. The van der Waals surface area contributed by atoms with Gasteiger partial charge in [-0.05, 0) is 19.1 Å². The van der Waals surface area contributed by atoms with Gasteiger partial charge in [0.05, 0.1) is 12.0 Å². The van der Waals surface area contributed by atoms with Crippen molar-refractivity contribution in [3.8, 4) is 0 Å². The third-order valence-electron chi connectivity index (χ3n) is 2.52. The van der Waals surface area contributed by atoms with Gasteiger partial charge in [0, 0.05) is 17.8 Å². The third-order valence-corrected chi connectivity index (χ3v) is 2.52. The van der Waals surface area contributed by atoms with Crippen molar-refractivity contribution < 1.29 is 4.79 Å². The lowest BCUT2D eigenvalue weighted by molar-refractivity contribution is -0.00610. The topological polar surface area (TPSA) is 48.4 Å². The molecule has 0 spiro atoms. The highest BCUT2D eigenvalue weighted by Gasteiger charge is 2.21. The van der Waals surface area contributed by atoms with Crippen molar-refractivity contribution in [3.05, 3.63) is 47.0 Å². The van der Waals surface area contributed by atoms with Gasteiger partial charge in [0.1, 0.15) is 0 Å². The first-order valence-electron chi connectivity index (χ1n) is 5.11. The van der Waals surface area contributed by atoms with E-state index in [1.165, 1.54) is 0 Å². The summed E-state index contributed by atoms with van der Waals surface area (Å²) in [5.74, 6) is 0. The predicted octanol–water partition coefficient (Wildman–Crippen LogP) is 2.06. The Morgan fingerprint density at radius 1 is 1.33 bits per heavy atom. The molecule has 0 aliphatic heterocycles. The molecule has 0 amide bonds. The van der Waals surface area contributed by atoms with Crippen molar-refractivity contribution in [1.82, 2.24) is 5.32 Å². The second-order valence-electron chi connectivity index (χ2n) is 3.44. The van der Waals surface area contributed by atoms with Gasteiger partial charge in [0.15, 0.2) is 0 Å². The minimum absolute atomic E-state index is 0.676. The van der Waals surface area contributed by atoms with Crippen molar-refractivity contribution in [2.24, 2.45) is 0 Å². The van der Waals surface area contributed by atoms with Gasteiger partial charge in [-0.25, -0.2) is 0 Å². The average molecular weight is 199 g/mol. The molecular formula is C12H13N3. The Morgan fingerprint density at radius 3 is 2.73 bits per heavy atom. The molecule has 0 aromatic heterocycles. The molecule has 0 radical (unpaired) electrons.